The number of carbonyl (C=O) groups excluding carboxylic acids is 3. The SMILES string of the molecule is Cc1nc2n(n1)CCN(C(=O)Cc1ccc(-n3nnnc3C)cc1)CCCC(=O)N[C@H](Cc1c[nH]c3ccccc13)C(=O)N[C@H]2CC(C)C. The van der Waals surface area contributed by atoms with Crippen LogP contribution in [0.25, 0.3) is 16.6 Å². The number of tetrazole rings is 1. The molecular weight excluding hydrogens is 622 g/mol. The van der Waals surface area contributed by atoms with Gasteiger partial charge >= 0.3 is 0 Å². The van der Waals surface area contributed by atoms with E-state index in [1.54, 1.807) is 9.58 Å². The molecule has 14 nitrogen and oxygen atoms in total. The fourth-order valence-corrected chi connectivity index (χ4v) is 6.38. The Morgan fingerprint density at radius 3 is 2.53 bits per heavy atom. The summed E-state index contributed by atoms with van der Waals surface area (Å²) in [5.41, 5.74) is 3.57. The quantitative estimate of drug-likeness (QED) is 0.238. The number of para-hydroxylation sites is 1. The zero-order valence-corrected chi connectivity index (χ0v) is 28.4. The van der Waals surface area contributed by atoms with E-state index >= 15 is 0 Å². The molecule has 3 N–H and O–H groups in total. The van der Waals surface area contributed by atoms with Gasteiger partial charge in [0.25, 0.3) is 0 Å². The molecule has 4 heterocycles. The van der Waals surface area contributed by atoms with Crippen LogP contribution in [0.15, 0.2) is 54.7 Å². The van der Waals surface area contributed by atoms with Crippen LogP contribution < -0.4 is 10.6 Å². The summed E-state index contributed by atoms with van der Waals surface area (Å²) in [6, 6.07) is 14.2. The molecule has 14 heteroatoms. The molecule has 0 bridgehead atoms. The van der Waals surface area contributed by atoms with Crippen molar-refractivity contribution >= 4 is 28.6 Å². The maximum atomic E-state index is 14.0. The van der Waals surface area contributed by atoms with Crippen molar-refractivity contribution in [2.45, 2.75) is 78.4 Å². The number of hydrogen-bond donors (Lipinski definition) is 3. The molecule has 49 heavy (non-hydrogen) atoms. The highest BCUT2D eigenvalue weighted by atomic mass is 16.2. The number of amides is 3. The van der Waals surface area contributed by atoms with Gasteiger partial charge in [0.2, 0.25) is 17.7 Å². The minimum Gasteiger partial charge on any atom is -0.361 e. The van der Waals surface area contributed by atoms with Crippen molar-refractivity contribution in [2.24, 2.45) is 5.92 Å². The second-order valence-corrected chi connectivity index (χ2v) is 13.1. The lowest BCUT2D eigenvalue weighted by molar-refractivity contribution is -0.131. The van der Waals surface area contributed by atoms with Crippen LogP contribution in [0, 0.1) is 19.8 Å². The number of aromatic nitrogens is 8. The third-order valence-corrected chi connectivity index (χ3v) is 8.82. The summed E-state index contributed by atoms with van der Waals surface area (Å²) >= 11 is 0. The van der Waals surface area contributed by atoms with E-state index < -0.39 is 12.1 Å². The first kappa shape index (κ1) is 33.5. The molecule has 0 unspecified atom stereocenters. The van der Waals surface area contributed by atoms with Gasteiger partial charge in [-0.15, -0.1) is 5.10 Å². The number of aromatic amines is 1. The first-order valence-electron chi connectivity index (χ1n) is 16.8. The second-order valence-electron chi connectivity index (χ2n) is 13.1. The Morgan fingerprint density at radius 1 is 0.980 bits per heavy atom. The van der Waals surface area contributed by atoms with Gasteiger partial charge in [0.05, 0.1) is 24.7 Å². The highest BCUT2D eigenvalue weighted by molar-refractivity contribution is 5.90. The maximum Gasteiger partial charge on any atom is 0.243 e. The molecule has 0 radical (unpaired) electrons. The molecule has 6 rings (SSSR count). The average molecular weight is 666 g/mol. The van der Waals surface area contributed by atoms with Crippen LogP contribution in [0.1, 0.15) is 67.8 Å². The van der Waals surface area contributed by atoms with Crippen molar-refractivity contribution in [2.75, 3.05) is 13.1 Å². The molecule has 0 fully saturated rings. The number of aryl methyl sites for hydroxylation is 2. The summed E-state index contributed by atoms with van der Waals surface area (Å²) in [7, 11) is 0. The molecule has 2 aromatic carbocycles. The molecular formula is C35H43N11O3. The first-order chi connectivity index (χ1) is 23.6. The highest BCUT2D eigenvalue weighted by Gasteiger charge is 2.29. The Morgan fingerprint density at radius 2 is 1.78 bits per heavy atom. The molecule has 256 valence electrons. The van der Waals surface area contributed by atoms with E-state index in [1.807, 2.05) is 73.3 Å². The largest absolute Gasteiger partial charge is 0.361 e. The van der Waals surface area contributed by atoms with E-state index in [1.165, 1.54) is 0 Å². The molecule has 3 amide bonds. The fraction of sp³-hybridized carbons (Fsp3) is 0.429. The number of rotatable bonds is 7. The molecule has 0 saturated carbocycles. The van der Waals surface area contributed by atoms with Gasteiger partial charge in [0.15, 0.2) is 5.82 Å². The molecule has 0 aliphatic carbocycles. The van der Waals surface area contributed by atoms with Crippen molar-refractivity contribution in [3.05, 3.63) is 83.3 Å². The smallest absolute Gasteiger partial charge is 0.243 e. The van der Waals surface area contributed by atoms with Crippen LogP contribution in [0.2, 0.25) is 0 Å². The Balaban J connectivity index is 1.24. The molecule has 3 aromatic heterocycles. The predicted molar refractivity (Wildman–Crippen MR) is 182 cm³/mol. The summed E-state index contributed by atoms with van der Waals surface area (Å²) in [6.45, 7) is 8.99. The molecule has 2 atom stereocenters. The first-order valence-corrected chi connectivity index (χ1v) is 16.8. The third kappa shape index (κ3) is 8.02. The third-order valence-electron chi connectivity index (χ3n) is 8.82. The van der Waals surface area contributed by atoms with Crippen molar-refractivity contribution in [1.29, 1.82) is 0 Å². The minimum absolute atomic E-state index is 0.0542. The van der Waals surface area contributed by atoms with Crippen molar-refractivity contribution in [3.8, 4) is 5.69 Å². The van der Waals surface area contributed by atoms with Crippen molar-refractivity contribution in [1.82, 2.24) is 55.5 Å². The Hall–Kier alpha value is -5.40. The number of benzene rings is 2. The van der Waals surface area contributed by atoms with Crippen LogP contribution in [-0.4, -0.2) is 81.7 Å². The van der Waals surface area contributed by atoms with Gasteiger partial charge in [-0.2, -0.15) is 9.78 Å². The molecule has 1 aliphatic heterocycles. The van der Waals surface area contributed by atoms with Gasteiger partial charge in [0.1, 0.15) is 17.7 Å². The number of nitrogens with one attached hydrogen (secondary N) is 3. The van der Waals surface area contributed by atoms with Crippen LogP contribution >= 0.6 is 0 Å². The molecule has 0 saturated heterocycles. The van der Waals surface area contributed by atoms with Crippen LogP contribution in [-0.2, 0) is 33.8 Å². The number of nitrogens with zero attached hydrogens (tertiary/aromatic N) is 8. The number of hydrogen-bond acceptors (Lipinski definition) is 8. The standard InChI is InChI=1S/C35H43N11O3/c1-22(2)18-30-34-37-23(3)41-45(34)17-16-44(33(48)19-25-11-13-27(14-12-25)46-24(4)40-42-43-46)15-7-10-32(47)38-31(35(49)39-30)20-26-21-36-29-9-6-5-8-28(26)29/h5-6,8-9,11-14,21-22,30-31,36H,7,10,15-20H2,1-4H3,(H,38,47)(H,39,49)/t30-,31+/m0/s1. The summed E-state index contributed by atoms with van der Waals surface area (Å²) < 4.78 is 3.45. The van der Waals surface area contributed by atoms with E-state index in [4.69, 9.17) is 4.98 Å². The molecule has 5 aromatic rings. The average Bonchev–Trinajstić information content (AvgIpc) is 3.79. The summed E-state index contributed by atoms with van der Waals surface area (Å²) in [6.07, 6.45) is 3.65. The topological polar surface area (TPSA) is 169 Å². The van der Waals surface area contributed by atoms with Gasteiger partial charge in [-0.3, -0.25) is 14.4 Å². The summed E-state index contributed by atoms with van der Waals surface area (Å²) in [4.78, 5) is 50.9. The number of carbonyl (C=O) groups is 3. The maximum absolute atomic E-state index is 14.0. The monoisotopic (exact) mass is 665 g/mol. The normalized spacial score (nSPS) is 17.9. The molecule has 1 aliphatic rings. The van der Waals surface area contributed by atoms with E-state index in [2.05, 4.69) is 50.1 Å². The van der Waals surface area contributed by atoms with Gasteiger partial charge in [0, 0.05) is 43.0 Å². The lowest BCUT2D eigenvalue weighted by Gasteiger charge is -2.27. The highest BCUT2D eigenvalue weighted by Crippen LogP contribution is 2.23. The van der Waals surface area contributed by atoms with E-state index in [-0.39, 0.29) is 36.5 Å². The van der Waals surface area contributed by atoms with Crippen LogP contribution in [0.3, 0.4) is 0 Å². The van der Waals surface area contributed by atoms with Gasteiger partial charge in [-0.1, -0.05) is 44.2 Å². The predicted octanol–water partition coefficient (Wildman–Crippen LogP) is 3.15. The second kappa shape index (κ2) is 14.8. The summed E-state index contributed by atoms with van der Waals surface area (Å²) in [5.74, 6) is 1.56. The Bertz CT molecular complexity index is 1920. The lowest BCUT2D eigenvalue weighted by atomic mass is 10.0. The Kier molecular flexibility index (Phi) is 10.1. The van der Waals surface area contributed by atoms with Crippen molar-refractivity contribution < 1.29 is 14.4 Å². The number of fused-ring (bicyclic) bond motifs is 2. The lowest BCUT2D eigenvalue weighted by Crippen LogP contribution is -2.49. The minimum atomic E-state index is -0.806. The van der Waals surface area contributed by atoms with E-state index in [0.717, 1.165) is 27.7 Å². The van der Waals surface area contributed by atoms with Crippen molar-refractivity contribution in [3.63, 3.8) is 0 Å². The van der Waals surface area contributed by atoms with Crippen LogP contribution in [0.4, 0.5) is 0 Å². The van der Waals surface area contributed by atoms with Gasteiger partial charge in [-0.05, 0) is 72.4 Å². The number of H-pyrrole nitrogens is 1. The van der Waals surface area contributed by atoms with E-state index in [0.29, 0.717) is 56.4 Å². The van der Waals surface area contributed by atoms with Gasteiger partial charge in [-0.25, -0.2) is 9.67 Å². The summed E-state index contributed by atoms with van der Waals surface area (Å²) in [5, 5.41) is 23.5. The van der Waals surface area contributed by atoms with Crippen LogP contribution in [0.5, 0.6) is 0 Å². The van der Waals surface area contributed by atoms with E-state index in [9.17, 15) is 14.4 Å². The fourth-order valence-electron chi connectivity index (χ4n) is 6.38. The Labute approximate surface area is 284 Å². The van der Waals surface area contributed by atoms with Gasteiger partial charge < -0.3 is 20.5 Å². The zero-order valence-electron chi connectivity index (χ0n) is 28.4. The molecule has 0 spiro atoms. The zero-order chi connectivity index (χ0) is 34.5.